The lowest BCUT2D eigenvalue weighted by atomic mass is 9.98. The molecular formula is C28H25F4N7O2. The smallest absolute Gasteiger partial charge is 0.434 e. The molecule has 1 atom stereocenters. The largest absolute Gasteiger partial charge is 0.480 e. The highest BCUT2D eigenvalue weighted by atomic mass is 19.4. The maximum Gasteiger partial charge on any atom is 0.434 e. The molecular weight excluding hydrogens is 542 g/mol. The Morgan fingerprint density at radius 1 is 1.20 bits per heavy atom. The first-order valence-corrected chi connectivity index (χ1v) is 12.5. The third kappa shape index (κ3) is 5.55. The Hall–Kier alpha value is -4.57. The van der Waals surface area contributed by atoms with Crippen LogP contribution in [0.5, 0.6) is 5.88 Å². The number of aryl methyl sites for hydroxylation is 1. The van der Waals surface area contributed by atoms with Gasteiger partial charge in [0, 0.05) is 31.9 Å². The van der Waals surface area contributed by atoms with Crippen molar-refractivity contribution in [1.82, 2.24) is 29.5 Å². The zero-order valence-electron chi connectivity index (χ0n) is 22.3. The number of hydrogen-bond acceptors (Lipinski definition) is 8. The van der Waals surface area contributed by atoms with Crippen LogP contribution in [0.2, 0.25) is 0 Å². The van der Waals surface area contributed by atoms with Crippen molar-refractivity contribution in [2.45, 2.75) is 44.0 Å². The lowest BCUT2D eigenvalue weighted by Gasteiger charge is -2.21. The number of nitrogens with zero attached hydrogens (tertiary/aromatic N) is 6. The summed E-state index contributed by atoms with van der Waals surface area (Å²) in [4.78, 5) is 21.2. The summed E-state index contributed by atoms with van der Waals surface area (Å²) < 4.78 is 60.9. The SMILES string of the molecule is C#CC(C)(O)c1cnc(-c2c(OC)ncnc2C2CC2)nc1NCc1ccc(-c2nc(C(F)(F)F)cn2C)c(F)c1. The number of hydrogen-bond donors (Lipinski definition) is 2. The van der Waals surface area contributed by atoms with Crippen LogP contribution in [0.25, 0.3) is 22.8 Å². The number of halogens is 4. The third-order valence-electron chi connectivity index (χ3n) is 6.72. The maximum absolute atomic E-state index is 15.1. The van der Waals surface area contributed by atoms with Crippen LogP contribution < -0.4 is 10.1 Å². The van der Waals surface area contributed by atoms with Crippen LogP contribution >= 0.6 is 0 Å². The lowest BCUT2D eigenvalue weighted by Crippen LogP contribution is -2.22. The van der Waals surface area contributed by atoms with E-state index >= 15 is 4.39 Å². The van der Waals surface area contributed by atoms with E-state index in [4.69, 9.17) is 11.2 Å². The standard InChI is InChI=1S/C28H25F4N7O2/c1-5-27(2,40)18-12-34-24(21-22(16-7-8-16)35-14-36-26(21)41-4)38-23(18)33-11-15-6-9-17(19(29)10-15)25-37-20(13-39(25)3)28(30,31)32/h1,6,9-10,12-14,16,40H,7-8,11H2,2-4H3,(H,33,34,38). The van der Waals surface area contributed by atoms with Crippen LogP contribution in [0.3, 0.4) is 0 Å². The number of benzene rings is 1. The van der Waals surface area contributed by atoms with E-state index in [1.165, 1.54) is 45.7 Å². The molecule has 9 nitrogen and oxygen atoms in total. The quantitative estimate of drug-likeness (QED) is 0.230. The van der Waals surface area contributed by atoms with Gasteiger partial charge in [0.15, 0.2) is 17.1 Å². The monoisotopic (exact) mass is 567 g/mol. The van der Waals surface area contributed by atoms with Crippen molar-refractivity contribution >= 4 is 5.82 Å². The lowest BCUT2D eigenvalue weighted by molar-refractivity contribution is -0.140. The van der Waals surface area contributed by atoms with Crippen molar-refractivity contribution < 1.29 is 27.4 Å². The predicted octanol–water partition coefficient (Wildman–Crippen LogP) is 4.83. The summed E-state index contributed by atoms with van der Waals surface area (Å²) in [5.41, 5.74) is -1.01. The Morgan fingerprint density at radius 2 is 1.95 bits per heavy atom. The molecule has 0 bridgehead atoms. The molecule has 2 N–H and O–H groups in total. The van der Waals surface area contributed by atoms with Crippen LogP contribution in [-0.4, -0.2) is 41.7 Å². The number of methoxy groups -OCH3 is 1. The van der Waals surface area contributed by atoms with Crippen LogP contribution in [0.4, 0.5) is 23.4 Å². The molecule has 0 aliphatic heterocycles. The van der Waals surface area contributed by atoms with Gasteiger partial charge in [-0.25, -0.2) is 29.3 Å². The van der Waals surface area contributed by atoms with E-state index in [-0.39, 0.29) is 41.1 Å². The summed E-state index contributed by atoms with van der Waals surface area (Å²) in [7, 11) is 2.84. The number of alkyl halides is 3. The molecule has 1 aliphatic carbocycles. The van der Waals surface area contributed by atoms with Crippen molar-refractivity contribution in [3.05, 3.63) is 65.3 Å². The average Bonchev–Trinajstić information content (AvgIpc) is 3.71. The van der Waals surface area contributed by atoms with Crippen molar-refractivity contribution in [3.8, 4) is 41.0 Å². The second-order valence-electron chi connectivity index (χ2n) is 9.82. The van der Waals surface area contributed by atoms with Crippen molar-refractivity contribution in [2.24, 2.45) is 7.05 Å². The second-order valence-corrected chi connectivity index (χ2v) is 9.82. The van der Waals surface area contributed by atoms with E-state index in [2.05, 4.69) is 36.2 Å². The number of imidazole rings is 1. The summed E-state index contributed by atoms with van der Waals surface area (Å²) >= 11 is 0. The summed E-state index contributed by atoms with van der Waals surface area (Å²) in [5.74, 6) is 2.35. The fourth-order valence-corrected chi connectivity index (χ4v) is 4.37. The Morgan fingerprint density at radius 3 is 2.56 bits per heavy atom. The van der Waals surface area contributed by atoms with E-state index < -0.39 is 23.3 Å². The molecule has 1 fully saturated rings. The number of ether oxygens (including phenoxy) is 1. The van der Waals surface area contributed by atoms with Gasteiger partial charge in [0.25, 0.3) is 0 Å². The molecule has 0 spiro atoms. The average molecular weight is 568 g/mol. The first-order valence-electron chi connectivity index (χ1n) is 12.5. The fraction of sp³-hybridized carbons (Fsp3) is 0.321. The van der Waals surface area contributed by atoms with Gasteiger partial charge in [0.05, 0.1) is 23.9 Å². The molecule has 212 valence electrons. The number of anilines is 1. The maximum atomic E-state index is 15.1. The van der Waals surface area contributed by atoms with Crippen molar-refractivity contribution in [2.75, 3.05) is 12.4 Å². The number of aliphatic hydroxyl groups is 1. The molecule has 0 radical (unpaired) electrons. The Bertz CT molecular complexity index is 1660. The Balaban J connectivity index is 1.48. The van der Waals surface area contributed by atoms with Gasteiger partial charge in [-0.3, -0.25) is 0 Å². The number of rotatable bonds is 8. The Labute approximate surface area is 232 Å². The van der Waals surface area contributed by atoms with Crippen LogP contribution in [0.1, 0.15) is 48.2 Å². The van der Waals surface area contributed by atoms with Crippen LogP contribution in [-0.2, 0) is 25.4 Å². The molecule has 1 unspecified atom stereocenters. The van der Waals surface area contributed by atoms with Crippen LogP contribution in [0.15, 0.2) is 36.9 Å². The molecule has 4 aromatic rings. The molecule has 5 rings (SSSR count). The zero-order valence-corrected chi connectivity index (χ0v) is 22.3. The fourth-order valence-electron chi connectivity index (χ4n) is 4.37. The Kier molecular flexibility index (Phi) is 7.12. The van der Waals surface area contributed by atoms with Gasteiger partial charge in [-0.2, -0.15) is 13.2 Å². The molecule has 0 amide bonds. The summed E-state index contributed by atoms with van der Waals surface area (Å²) in [6.45, 7) is 1.45. The van der Waals surface area contributed by atoms with Crippen molar-refractivity contribution in [1.29, 1.82) is 0 Å². The molecule has 13 heteroatoms. The van der Waals surface area contributed by atoms with Gasteiger partial charge in [-0.15, -0.1) is 6.42 Å². The normalized spacial score (nSPS) is 14.8. The summed E-state index contributed by atoms with van der Waals surface area (Å²) in [6, 6.07) is 4.09. The van der Waals surface area contributed by atoms with Gasteiger partial charge in [0.2, 0.25) is 5.88 Å². The van der Waals surface area contributed by atoms with E-state index in [1.54, 1.807) is 6.07 Å². The molecule has 3 aromatic heterocycles. The summed E-state index contributed by atoms with van der Waals surface area (Å²) in [6.07, 6.45) is 6.44. The molecule has 0 saturated heterocycles. The number of terminal acetylenes is 1. The number of aromatic nitrogens is 6. The third-order valence-corrected chi connectivity index (χ3v) is 6.72. The van der Waals surface area contributed by atoms with Gasteiger partial charge >= 0.3 is 6.18 Å². The minimum Gasteiger partial charge on any atom is -0.480 e. The first-order chi connectivity index (χ1) is 19.4. The van der Waals surface area contributed by atoms with E-state index in [1.807, 2.05) is 0 Å². The molecule has 1 saturated carbocycles. The second kappa shape index (κ2) is 10.4. The predicted molar refractivity (Wildman–Crippen MR) is 141 cm³/mol. The highest BCUT2D eigenvalue weighted by Crippen LogP contribution is 2.45. The summed E-state index contributed by atoms with van der Waals surface area (Å²) in [5, 5.41) is 13.9. The molecule has 1 aliphatic rings. The van der Waals surface area contributed by atoms with Crippen molar-refractivity contribution in [3.63, 3.8) is 0 Å². The van der Waals surface area contributed by atoms with E-state index in [0.717, 1.165) is 29.3 Å². The minimum absolute atomic E-state index is 0.0353. The van der Waals surface area contributed by atoms with Crippen LogP contribution in [0, 0.1) is 18.2 Å². The van der Waals surface area contributed by atoms with Gasteiger partial charge in [-0.05, 0) is 37.5 Å². The van der Waals surface area contributed by atoms with E-state index in [0.29, 0.717) is 17.0 Å². The number of nitrogens with one attached hydrogen (secondary N) is 1. The van der Waals surface area contributed by atoms with E-state index in [9.17, 15) is 18.3 Å². The minimum atomic E-state index is -4.65. The molecule has 41 heavy (non-hydrogen) atoms. The zero-order chi connectivity index (χ0) is 29.5. The van der Waals surface area contributed by atoms with Gasteiger partial charge in [-0.1, -0.05) is 12.0 Å². The molecule has 1 aromatic carbocycles. The van der Waals surface area contributed by atoms with Gasteiger partial charge < -0.3 is 19.7 Å². The topological polar surface area (TPSA) is 111 Å². The highest BCUT2D eigenvalue weighted by molar-refractivity contribution is 5.68. The molecule has 3 heterocycles. The first kappa shape index (κ1) is 28.0. The van der Waals surface area contributed by atoms with Gasteiger partial charge in [0.1, 0.15) is 29.4 Å². The highest BCUT2D eigenvalue weighted by Gasteiger charge is 2.35.